The summed E-state index contributed by atoms with van der Waals surface area (Å²) in [5, 5.41) is 21.8. The van der Waals surface area contributed by atoms with Crippen molar-refractivity contribution in [3.63, 3.8) is 0 Å². The van der Waals surface area contributed by atoms with E-state index in [2.05, 4.69) is 67.8 Å². The molecule has 0 radical (unpaired) electrons. The zero-order chi connectivity index (χ0) is 42.8. The van der Waals surface area contributed by atoms with Gasteiger partial charge in [0.15, 0.2) is 6.04 Å². The summed E-state index contributed by atoms with van der Waals surface area (Å²) in [5.74, 6) is -2.39. The van der Waals surface area contributed by atoms with E-state index >= 15 is 0 Å². The minimum Gasteiger partial charge on any atom is -0.480 e. The zero-order valence-corrected chi connectivity index (χ0v) is 37.2. The normalized spacial score (nSPS) is 14.1. The number of carbonyl (C=O) groups excluding carboxylic acids is 2. The van der Waals surface area contributed by atoms with E-state index < -0.39 is 57.6 Å². The maximum absolute atomic E-state index is 12.3. The Kier molecular flexibility index (Phi) is 39.4. The fourth-order valence-corrected chi connectivity index (χ4v) is 6.80. The Bertz CT molecular complexity index is 1170. The van der Waals surface area contributed by atoms with E-state index in [0.717, 1.165) is 77.0 Å². The highest BCUT2D eigenvalue weighted by Gasteiger charge is 2.28. The number of carboxylic acid groups (broad SMARTS) is 1. The molecule has 0 aliphatic carbocycles. The first kappa shape index (κ1) is 55.4. The number of aliphatic hydroxyl groups is 1. The Balaban J connectivity index is 3.89. The van der Waals surface area contributed by atoms with Crippen LogP contribution in [0.25, 0.3) is 0 Å². The highest BCUT2D eigenvalue weighted by Crippen LogP contribution is 2.43. The van der Waals surface area contributed by atoms with Crippen LogP contribution in [-0.4, -0.2) is 64.9 Å². The van der Waals surface area contributed by atoms with Gasteiger partial charge in [-0.15, -0.1) is 0 Å². The average molecular weight is 840 g/mol. The van der Waals surface area contributed by atoms with Crippen LogP contribution >= 0.6 is 7.82 Å². The number of hydrogen-bond donors (Lipinski definition) is 4. The SMILES string of the molecule is CCC/C=C\C/C=C\CCCCCCCC(=O)OCC(O)COP(=O)(O)OCC(NC(=O)CCCCCCCCCCCCC/C=C\C/C=C\CCCCC)C(=O)O. The fourth-order valence-electron chi connectivity index (χ4n) is 6.03. The Hall–Kier alpha value is -2.56. The van der Waals surface area contributed by atoms with E-state index in [0.29, 0.717) is 12.8 Å². The number of unbranched alkanes of at least 4 members (excludes halogenated alkanes) is 20. The number of rotatable bonds is 42. The van der Waals surface area contributed by atoms with Gasteiger partial charge in [-0.1, -0.05) is 159 Å². The van der Waals surface area contributed by atoms with Gasteiger partial charge in [0, 0.05) is 12.8 Å². The molecular formula is C46H82NO10P. The molecule has 11 nitrogen and oxygen atoms in total. The van der Waals surface area contributed by atoms with Crippen molar-refractivity contribution in [2.24, 2.45) is 0 Å². The monoisotopic (exact) mass is 840 g/mol. The highest BCUT2D eigenvalue weighted by molar-refractivity contribution is 7.47. The van der Waals surface area contributed by atoms with Crippen LogP contribution in [-0.2, 0) is 32.7 Å². The summed E-state index contributed by atoms with van der Waals surface area (Å²) in [6, 6.07) is -1.55. The van der Waals surface area contributed by atoms with E-state index in [-0.39, 0.29) is 12.8 Å². The third-order valence-corrected chi connectivity index (χ3v) is 10.5. The standard InChI is InChI=1S/C46H82NO10P/c1-3-5-7-9-11-13-15-17-18-19-20-21-22-23-24-26-27-29-31-33-35-37-44(49)47-43(46(51)52)41-57-58(53,54)56-40-42(48)39-55-45(50)38-36-34-32-30-28-25-16-14-12-10-8-6-4-2/h8,10-11,13-14,16-18,42-43,48H,3-7,9,12,15,19-41H2,1-2H3,(H,47,49)(H,51,52)(H,53,54)/b10-8-,13-11-,16-14-,18-17-. The molecule has 0 spiro atoms. The molecule has 0 heterocycles. The second kappa shape index (κ2) is 41.2. The molecule has 0 aromatic rings. The quantitative estimate of drug-likeness (QED) is 0.0201. The number of hydrogen-bond acceptors (Lipinski definition) is 8. The molecule has 0 saturated heterocycles. The molecule has 336 valence electrons. The molecule has 0 aliphatic rings. The lowest BCUT2D eigenvalue weighted by Crippen LogP contribution is -2.43. The number of phosphoric acid groups is 1. The summed E-state index contributed by atoms with van der Waals surface area (Å²) in [7, 11) is -4.76. The first-order chi connectivity index (χ1) is 28.1. The second-order valence-electron chi connectivity index (χ2n) is 15.2. The van der Waals surface area contributed by atoms with Gasteiger partial charge < -0.3 is 25.2 Å². The summed E-state index contributed by atoms with van der Waals surface area (Å²) >= 11 is 0. The summed E-state index contributed by atoms with van der Waals surface area (Å²) in [6.45, 7) is 2.49. The molecule has 0 saturated carbocycles. The van der Waals surface area contributed by atoms with Gasteiger partial charge in [0.25, 0.3) is 0 Å². The lowest BCUT2D eigenvalue weighted by atomic mass is 10.0. The summed E-state index contributed by atoms with van der Waals surface area (Å²) in [4.78, 5) is 45.9. The molecule has 0 aromatic carbocycles. The summed E-state index contributed by atoms with van der Waals surface area (Å²) in [5.41, 5.74) is 0. The maximum Gasteiger partial charge on any atom is 0.472 e. The molecule has 0 aliphatic heterocycles. The van der Waals surface area contributed by atoms with Crippen molar-refractivity contribution in [2.75, 3.05) is 19.8 Å². The van der Waals surface area contributed by atoms with Crippen molar-refractivity contribution >= 4 is 25.7 Å². The molecule has 58 heavy (non-hydrogen) atoms. The molecule has 0 rings (SSSR count). The van der Waals surface area contributed by atoms with Gasteiger partial charge in [0.2, 0.25) is 5.91 Å². The molecule has 0 aromatic heterocycles. The number of carboxylic acids is 1. The number of carbonyl (C=O) groups is 3. The summed E-state index contributed by atoms with van der Waals surface area (Å²) < 4.78 is 26.8. The van der Waals surface area contributed by atoms with Crippen LogP contribution in [0, 0.1) is 0 Å². The molecule has 3 atom stereocenters. The molecule has 4 N–H and O–H groups in total. The molecule has 12 heteroatoms. The van der Waals surface area contributed by atoms with E-state index in [1.807, 2.05) is 0 Å². The van der Waals surface area contributed by atoms with Crippen molar-refractivity contribution in [1.82, 2.24) is 5.32 Å². The second-order valence-corrected chi connectivity index (χ2v) is 16.7. The fraction of sp³-hybridized carbons (Fsp3) is 0.761. The number of aliphatic carboxylic acids is 1. The number of nitrogens with one attached hydrogen (secondary N) is 1. The first-order valence-electron chi connectivity index (χ1n) is 22.7. The topological polar surface area (TPSA) is 169 Å². The highest BCUT2D eigenvalue weighted by atomic mass is 31.2. The third-order valence-electron chi connectivity index (χ3n) is 9.57. The number of esters is 1. The van der Waals surface area contributed by atoms with E-state index in [9.17, 15) is 34.1 Å². The maximum atomic E-state index is 12.3. The smallest absolute Gasteiger partial charge is 0.472 e. The minimum atomic E-state index is -4.76. The molecular weight excluding hydrogens is 757 g/mol. The predicted octanol–water partition coefficient (Wildman–Crippen LogP) is 11.8. The minimum absolute atomic E-state index is 0.141. The number of phosphoric ester groups is 1. The number of aliphatic hydroxyl groups excluding tert-OH is 1. The predicted molar refractivity (Wildman–Crippen MR) is 235 cm³/mol. The number of amides is 1. The largest absolute Gasteiger partial charge is 0.480 e. The van der Waals surface area contributed by atoms with Crippen molar-refractivity contribution < 1.29 is 47.8 Å². The van der Waals surface area contributed by atoms with Crippen LogP contribution in [0.1, 0.15) is 194 Å². The van der Waals surface area contributed by atoms with Gasteiger partial charge in [-0.05, 0) is 70.6 Å². The van der Waals surface area contributed by atoms with Gasteiger partial charge in [-0.2, -0.15) is 0 Å². The van der Waals surface area contributed by atoms with Gasteiger partial charge in [-0.25, -0.2) is 9.36 Å². The van der Waals surface area contributed by atoms with Crippen molar-refractivity contribution in [2.45, 2.75) is 206 Å². The van der Waals surface area contributed by atoms with Crippen molar-refractivity contribution in [1.29, 1.82) is 0 Å². The molecule has 1 amide bonds. The Morgan fingerprint density at radius 3 is 1.47 bits per heavy atom. The number of allylic oxidation sites excluding steroid dienone is 8. The van der Waals surface area contributed by atoms with E-state index in [1.54, 1.807) is 0 Å². The van der Waals surface area contributed by atoms with Crippen molar-refractivity contribution in [3.8, 4) is 0 Å². The van der Waals surface area contributed by atoms with Crippen LogP contribution < -0.4 is 5.32 Å². The zero-order valence-electron chi connectivity index (χ0n) is 36.3. The average Bonchev–Trinajstić information content (AvgIpc) is 3.20. The molecule has 0 fully saturated rings. The van der Waals surface area contributed by atoms with E-state index in [1.165, 1.54) is 77.0 Å². The van der Waals surface area contributed by atoms with Crippen LogP contribution in [0.3, 0.4) is 0 Å². The van der Waals surface area contributed by atoms with Crippen LogP contribution in [0.5, 0.6) is 0 Å². The lowest BCUT2D eigenvalue weighted by molar-refractivity contribution is -0.147. The van der Waals surface area contributed by atoms with Gasteiger partial charge in [0.05, 0.1) is 13.2 Å². The Morgan fingerprint density at radius 2 is 0.983 bits per heavy atom. The van der Waals surface area contributed by atoms with Gasteiger partial charge in [0.1, 0.15) is 12.7 Å². The Labute approximate surface area is 352 Å². The first-order valence-corrected chi connectivity index (χ1v) is 24.2. The number of ether oxygens (including phenoxy) is 1. The lowest BCUT2D eigenvalue weighted by Gasteiger charge is -2.18. The third kappa shape index (κ3) is 40.2. The Morgan fingerprint density at radius 1 is 0.552 bits per heavy atom. The van der Waals surface area contributed by atoms with Gasteiger partial charge in [-0.3, -0.25) is 18.6 Å². The molecule has 0 bridgehead atoms. The molecule has 3 unspecified atom stereocenters. The van der Waals surface area contributed by atoms with Crippen molar-refractivity contribution in [3.05, 3.63) is 48.6 Å². The van der Waals surface area contributed by atoms with Crippen LogP contribution in [0.2, 0.25) is 0 Å². The van der Waals surface area contributed by atoms with Gasteiger partial charge >= 0.3 is 19.8 Å². The van der Waals surface area contributed by atoms with Crippen LogP contribution in [0.15, 0.2) is 48.6 Å². The summed E-state index contributed by atoms with van der Waals surface area (Å²) in [6.07, 6.45) is 45.6. The van der Waals surface area contributed by atoms with E-state index in [4.69, 9.17) is 13.8 Å². The van der Waals surface area contributed by atoms with Crippen LogP contribution in [0.4, 0.5) is 0 Å².